The molecule has 0 saturated heterocycles. The number of carbonyl (C=O) groups is 3. The molecule has 2 rings (SSSR count). The average Bonchev–Trinajstić information content (AvgIpc) is 2.72. The molecule has 30 heavy (non-hydrogen) atoms. The van der Waals surface area contributed by atoms with Crippen molar-refractivity contribution in [3.63, 3.8) is 0 Å². The van der Waals surface area contributed by atoms with Gasteiger partial charge in [0.1, 0.15) is 0 Å². The van der Waals surface area contributed by atoms with Gasteiger partial charge in [0, 0.05) is 43.1 Å². The Kier molecular flexibility index (Phi) is 8.87. The number of nitrogens with zero attached hydrogens (tertiary/aromatic N) is 1. The van der Waals surface area contributed by atoms with Crippen LogP contribution in [0.15, 0.2) is 48.5 Å². The summed E-state index contributed by atoms with van der Waals surface area (Å²) in [7, 11) is 3.38. The number of anilines is 3. The smallest absolute Gasteiger partial charge is 0.253 e. The Balaban J connectivity index is 1.83. The molecule has 7 nitrogen and oxygen atoms in total. The van der Waals surface area contributed by atoms with Crippen molar-refractivity contribution >= 4 is 34.8 Å². The fraction of sp³-hybridized carbons (Fsp3) is 0.348. The third kappa shape index (κ3) is 7.58. The molecule has 7 heteroatoms. The van der Waals surface area contributed by atoms with Crippen LogP contribution in [0.25, 0.3) is 0 Å². The summed E-state index contributed by atoms with van der Waals surface area (Å²) in [6.07, 6.45) is 3.50. The van der Waals surface area contributed by atoms with Crippen LogP contribution in [0, 0.1) is 0 Å². The van der Waals surface area contributed by atoms with Crippen LogP contribution in [0.2, 0.25) is 0 Å². The predicted octanol–water partition coefficient (Wildman–Crippen LogP) is 3.96. The summed E-state index contributed by atoms with van der Waals surface area (Å²) in [6, 6.07) is 14.0. The van der Waals surface area contributed by atoms with E-state index in [0.717, 1.165) is 24.9 Å². The molecule has 2 aromatic carbocycles. The highest BCUT2D eigenvalue weighted by Crippen LogP contribution is 2.16. The molecule has 0 unspecified atom stereocenters. The molecule has 0 aromatic heterocycles. The quantitative estimate of drug-likeness (QED) is 0.517. The van der Waals surface area contributed by atoms with Crippen molar-refractivity contribution in [2.45, 2.75) is 32.6 Å². The summed E-state index contributed by atoms with van der Waals surface area (Å²) in [5, 5.41) is 8.72. The Bertz CT molecular complexity index is 863. The first-order valence-corrected chi connectivity index (χ1v) is 10.1. The number of hydrogen-bond donors (Lipinski definition) is 3. The van der Waals surface area contributed by atoms with Crippen molar-refractivity contribution in [2.24, 2.45) is 0 Å². The Morgan fingerprint density at radius 1 is 0.833 bits per heavy atom. The van der Waals surface area contributed by atoms with E-state index in [1.54, 1.807) is 44.4 Å². The monoisotopic (exact) mass is 410 g/mol. The lowest BCUT2D eigenvalue weighted by atomic mass is 10.2. The SMILES string of the molecule is CCCCCC(=O)Nc1cccc(NCC(=O)Nc2ccc(C(=O)N(C)C)cc2)c1. The Morgan fingerprint density at radius 3 is 2.17 bits per heavy atom. The van der Waals surface area contributed by atoms with E-state index in [-0.39, 0.29) is 24.3 Å². The number of benzene rings is 2. The van der Waals surface area contributed by atoms with Gasteiger partial charge in [-0.2, -0.15) is 0 Å². The van der Waals surface area contributed by atoms with E-state index in [9.17, 15) is 14.4 Å². The van der Waals surface area contributed by atoms with Gasteiger partial charge in [0.05, 0.1) is 6.54 Å². The first kappa shape index (κ1) is 22.9. The van der Waals surface area contributed by atoms with Crippen LogP contribution in [-0.2, 0) is 9.59 Å². The first-order chi connectivity index (χ1) is 14.4. The molecule has 3 amide bonds. The number of nitrogens with one attached hydrogen (secondary N) is 3. The van der Waals surface area contributed by atoms with Gasteiger partial charge < -0.3 is 20.9 Å². The molecule has 160 valence electrons. The van der Waals surface area contributed by atoms with Gasteiger partial charge in [-0.05, 0) is 48.9 Å². The van der Waals surface area contributed by atoms with Crippen LogP contribution in [-0.4, -0.2) is 43.3 Å². The summed E-state index contributed by atoms with van der Waals surface area (Å²) in [6.45, 7) is 2.18. The molecule has 0 saturated carbocycles. The minimum Gasteiger partial charge on any atom is -0.376 e. The molecule has 0 spiro atoms. The number of amides is 3. The van der Waals surface area contributed by atoms with Crippen molar-refractivity contribution in [1.29, 1.82) is 0 Å². The Hall–Kier alpha value is -3.35. The molecular formula is C23H30N4O3. The van der Waals surface area contributed by atoms with Gasteiger partial charge in [-0.1, -0.05) is 25.8 Å². The second-order valence-electron chi connectivity index (χ2n) is 7.26. The normalized spacial score (nSPS) is 10.2. The lowest BCUT2D eigenvalue weighted by molar-refractivity contribution is -0.116. The van der Waals surface area contributed by atoms with E-state index in [1.807, 2.05) is 18.2 Å². The second kappa shape index (κ2) is 11.6. The molecule has 0 aliphatic heterocycles. The number of carbonyl (C=O) groups excluding carboxylic acids is 3. The van der Waals surface area contributed by atoms with Crippen LogP contribution in [0.4, 0.5) is 17.1 Å². The molecule has 3 N–H and O–H groups in total. The van der Waals surface area contributed by atoms with Crippen LogP contribution < -0.4 is 16.0 Å². The average molecular weight is 411 g/mol. The van der Waals surface area contributed by atoms with Gasteiger partial charge in [0.15, 0.2) is 0 Å². The summed E-state index contributed by atoms with van der Waals surface area (Å²) in [5.74, 6) is -0.308. The van der Waals surface area contributed by atoms with E-state index in [1.165, 1.54) is 4.90 Å². The zero-order chi connectivity index (χ0) is 21.9. The maximum atomic E-state index is 12.2. The van der Waals surface area contributed by atoms with Gasteiger partial charge in [-0.3, -0.25) is 14.4 Å². The van der Waals surface area contributed by atoms with Gasteiger partial charge in [0.25, 0.3) is 5.91 Å². The predicted molar refractivity (Wildman–Crippen MR) is 121 cm³/mol. The van der Waals surface area contributed by atoms with Crippen molar-refractivity contribution in [2.75, 3.05) is 36.6 Å². The fourth-order valence-electron chi connectivity index (χ4n) is 2.81. The molecular weight excluding hydrogens is 380 g/mol. The van der Waals surface area contributed by atoms with Crippen molar-refractivity contribution in [3.8, 4) is 0 Å². The number of unbranched alkanes of at least 4 members (excludes halogenated alkanes) is 2. The highest BCUT2D eigenvalue weighted by Gasteiger charge is 2.09. The first-order valence-electron chi connectivity index (χ1n) is 10.1. The maximum Gasteiger partial charge on any atom is 0.253 e. The van der Waals surface area contributed by atoms with Crippen LogP contribution in [0.3, 0.4) is 0 Å². The van der Waals surface area contributed by atoms with Gasteiger partial charge >= 0.3 is 0 Å². The van der Waals surface area contributed by atoms with Gasteiger partial charge in [0.2, 0.25) is 11.8 Å². The summed E-state index contributed by atoms with van der Waals surface area (Å²) >= 11 is 0. The van der Waals surface area contributed by atoms with E-state index in [0.29, 0.717) is 23.4 Å². The molecule has 0 radical (unpaired) electrons. The minimum absolute atomic E-state index is 0.00506. The summed E-state index contributed by atoms with van der Waals surface area (Å²) in [5.41, 5.74) is 2.61. The Labute approximate surface area is 177 Å². The lowest BCUT2D eigenvalue weighted by Gasteiger charge is -2.12. The third-order valence-corrected chi connectivity index (χ3v) is 4.43. The van der Waals surface area contributed by atoms with Crippen LogP contribution in [0.1, 0.15) is 43.0 Å². The van der Waals surface area contributed by atoms with Gasteiger partial charge in [-0.25, -0.2) is 0 Å². The molecule has 0 atom stereocenters. The van der Waals surface area contributed by atoms with Crippen molar-refractivity contribution in [1.82, 2.24) is 4.90 Å². The standard InChI is InChI=1S/C23H30N4O3/c1-4-5-6-10-21(28)26-20-9-7-8-19(15-20)24-16-22(29)25-18-13-11-17(12-14-18)23(30)27(2)3/h7-9,11-15,24H,4-6,10,16H2,1-3H3,(H,25,29)(H,26,28). The maximum absolute atomic E-state index is 12.2. The minimum atomic E-state index is -0.212. The highest BCUT2D eigenvalue weighted by atomic mass is 16.2. The molecule has 0 bridgehead atoms. The topological polar surface area (TPSA) is 90.5 Å². The molecule has 2 aromatic rings. The third-order valence-electron chi connectivity index (χ3n) is 4.43. The lowest BCUT2D eigenvalue weighted by Crippen LogP contribution is -2.23. The van der Waals surface area contributed by atoms with Crippen LogP contribution >= 0.6 is 0 Å². The zero-order valence-corrected chi connectivity index (χ0v) is 17.8. The van der Waals surface area contributed by atoms with E-state index >= 15 is 0 Å². The molecule has 0 aliphatic rings. The second-order valence-corrected chi connectivity index (χ2v) is 7.26. The van der Waals surface area contributed by atoms with Crippen LogP contribution in [0.5, 0.6) is 0 Å². The largest absolute Gasteiger partial charge is 0.376 e. The molecule has 0 heterocycles. The Morgan fingerprint density at radius 2 is 1.50 bits per heavy atom. The zero-order valence-electron chi connectivity index (χ0n) is 17.8. The summed E-state index contributed by atoms with van der Waals surface area (Å²) < 4.78 is 0. The van der Waals surface area contributed by atoms with E-state index in [4.69, 9.17) is 0 Å². The molecule has 0 aliphatic carbocycles. The van der Waals surface area contributed by atoms with Crippen molar-refractivity contribution < 1.29 is 14.4 Å². The van der Waals surface area contributed by atoms with E-state index < -0.39 is 0 Å². The fourth-order valence-corrected chi connectivity index (χ4v) is 2.81. The van der Waals surface area contributed by atoms with Gasteiger partial charge in [-0.15, -0.1) is 0 Å². The number of hydrogen-bond acceptors (Lipinski definition) is 4. The van der Waals surface area contributed by atoms with E-state index in [2.05, 4.69) is 22.9 Å². The highest BCUT2D eigenvalue weighted by molar-refractivity contribution is 5.96. The summed E-state index contributed by atoms with van der Waals surface area (Å²) in [4.78, 5) is 37.6. The number of rotatable bonds is 10. The molecule has 0 fully saturated rings. The van der Waals surface area contributed by atoms with Crippen molar-refractivity contribution in [3.05, 3.63) is 54.1 Å².